The summed E-state index contributed by atoms with van der Waals surface area (Å²) < 4.78 is 7.33. The number of hydrogen-bond acceptors (Lipinski definition) is 3. The highest BCUT2D eigenvalue weighted by Gasteiger charge is 2.28. The molecule has 0 aromatic heterocycles. The molecule has 0 aliphatic carbocycles. The van der Waals surface area contributed by atoms with Gasteiger partial charge in [0.2, 0.25) is 0 Å². The molecule has 5 nitrogen and oxygen atoms in total. The number of urea groups is 1. The van der Waals surface area contributed by atoms with E-state index in [0.717, 1.165) is 43.9 Å². The van der Waals surface area contributed by atoms with E-state index in [4.69, 9.17) is 4.74 Å². The van der Waals surface area contributed by atoms with Crippen LogP contribution in [0.1, 0.15) is 73.3 Å². The minimum absolute atomic E-state index is 0.0504. The van der Waals surface area contributed by atoms with Crippen LogP contribution < -0.4 is 20.3 Å². The van der Waals surface area contributed by atoms with E-state index in [1.54, 1.807) is 0 Å². The molecule has 1 aliphatic heterocycles. The molecule has 1 aliphatic rings. The maximum absolute atomic E-state index is 13.3. The van der Waals surface area contributed by atoms with E-state index in [1.807, 2.05) is 20.2 Å². The number of ether oxygens (including phenoxy) is 1. The molecule has 0 fully saturated rings. The molecule has 2 N–H and O–H groups in total. The summed E-state index contributed by atoms with van der Waals surface area (Å²) in [5, 5.41) is 6.36. The van der Waals surface area contributed by atoms with Crippen molar-refractivity contribution in [2.75, 3.05) is 30.9 Å². The zero-order valence-corrected chi connectivity index (χ0v) is 23.6. The van der Waals surface area contributed by atoms with E-state index in [1.165, 1.54) is 5.56 Å². The number of nitrogens with one attached hydrogen (secondary N) is 2. The second-order valence-corrected chi connectivity index (χ2v) is 11.1. The smallest absolute Gasteiger partial charge is 0.319 e. The van der Waals surface area contributed by atoms with E-state index < -0.39 is 0 Å². The van der Waals surface area contributed by atoms with E-state index >= 15 is 0 Å². The van der Waals surface area contributed by atoms with Crippen molar-refractivity contribution in [1.29, 1.82) is 0 Å². The third-order valence-electron chi connectivity index (χ3n) is 6.80. The van der Waals surface area contributed by atoms with Crippen molar-refractivity contribution in [2.45, 2.75) is 52.1 Å². The van der Waals surface area contributed by atoms with Crippen LogP contribution >= 0.6 is 15.9 Å². The molecule has 4 rings (SSSR count). The van der Waals surface area contributed by atoms with Crippen LogP contribution in [0, 0.1) is 0 Å². The zero-order valence-electron chi connectivity index (χ0n) is 22.0. The number of halogens is 1. The van der Waals surface area contributed by atoms with Gasteiger partial charge in [0, 0.05) is 42.3 Å². The Morgan fingerprint density at radius 2 is 1.67 bits per heavy atom. The van der Waals surface area contributed by atoms with Crippen molar-refractivity contribution in [3.05, 3.63) is 86.9 Å². The molecule has 2 amide bonds. The number of benzene rings is 3. The topological polar surface area (TPSA) is 53.6 Å². The summed E-state index contributed by atoms with van der Waals surface area (Å²) in [7, 11) is 4.03. The third-order valence-corrected chi connectivity index (χ3v) is 7.26. The second kappa shape index (κ2) is 11.0. The Morgan fingerprint density at radius 1 is 1.00 bits per heavy atom. The van der Waals surface area contributed by atoms with Gasteiger partial charge in [0.05, 0.1) is 5.69 Å². The van der Waals surface area contributed by atoms with Gasteiger partial charge in [-0.15, -0.1) is 0 Å². The summed E-state index contributed by atoms with van der Waals surface area (Å²) in [6, 6.07) is 18.6. The molecule has 3 aromatic rings. The van der Waals surface area contributed by atoms with Crippen LogP contribution in [0.15, 0.2) is 59.1 Å². The number of amides is 2. The highest BCUT2D eigenvalue weighted by Crippen LogP contribution is 2.44. The maximum Gasteiger partial charge on any atom is 0.319 e. The average molecular weight is 551 g/mol. The summed E-state index contributed by atoms with van der Waals surface area (Å²) >= 11 is 3.69. The molecule has 0 radical (unpaired) electrons. The number of carbonyl (C=O) groups is 1. The molecule has 1 atom stereocenters. The fourth-order valence-electron chi connectivity index (χ4n) is 4.94. The summed E-state index contributed by atoms with van der Waals surface area (Å²) in [5.74, 6) is 1.42. The van der Waals surface area contributed by atoms with Gasteiger partial charge in [-0.1, -0.05) is 86.1 Å². The number of nitrogens with zero attached hydrogens (tertiary/aromatic N) is 1. The number of rotatable bonds is 6. The predicted molar refractivity (Wildman–Crippen MR) is 153 cm³/mol. The fourth-order valence-corrected chi connectivity index (χ4v) is 5.40. The van der Waals surface area contributed by atoms with E-state index in [0.29, 0.717) is 25.0 Å². The van der Waals surface area contributed by atoms with Crippen LogP contribution in [0.25, 0.3) is 0 Å². The molecule has 190 valence electrons. The first-order valence-corrected chi connectivity index (χ1v) is 13.4. The van der Waals surface area contributed by atoms with Crippen molar-refractivity contribution in [1.82, 2.24) is 5.32 Å². The zero-order chi connectivity index (χ0) is 26.0. The molecule has 3 aromatic carbocycles. The predicted octanol–water partition coefficient (Wildman–Crippen LogP) is 7.61. The SMILES string of the molecule is CC(C)c1cccc(C(C)C)c1NC(=O)NCC1c2ccccc2COc2c1cc(Br)cc2N(C)C. The van der Waals surface area contributed by atoms with Crippen LogP contribution in [0.5, 0.6) is 5.75 Å². The fraction of sp³-hybridized carbons (Fsp3) is 0.367. The monoisotopic (exact) mass is 549 g/mol. The molecule has 0 bridgehead atoms. The molecular formula is C30H36BrN3O2. The van der Waals surface area contributed by atoms with Crippen LogP contribution in [-0.4, -0.2) is 26.7 Å². The van der Waals surface area contributed by atoms with Gasteiger partial charge in [0.15, 0.2) is 0 Å². The van der Waals surface area contributed by atoms with Gasteiger partial charge in [0.25, 0.3) is 0 Å². The third kappa shape index (κ3) is 5.39. The largest absolute Gasteiger partial charge is 0.486 e. The molecule has 0 saturated heterocycles. The van der Waals surface area contributed by atoms with Crippen molar-refractivity contribution < 1.29 is 9.53 Å². The van der Waals surface area contributed by atoms with Gasteiger partial charge in [-0.05, 0) is 46.2 Å². The van der Waals surface area contributed by atoms with E-state index in [2.05, 4.69) is 108 Å². The standard InChI is InChI=1S/C30H36BrN3O2/c1-18(2)22-12-9-13-23(19(3)4)28(22)33-30(35)32-16-26-24-11-8-7-10-20(24)17-36-29-25(26)14-21(31)15-27(29)34(5)6/h7-15,18-19,26H,16-17H2,1-6H3,(H2,32,33,35). The van der Waals surface area contributed by atoms with Crippen LogP contribution in [0.4, 0.5) is 16.2 Å². The molecule has 1 heterocycles. The van der Waals surface area contributed by atoms with Crippen molar-refractivity contribution in [3.63, 3.8) is 0 Å². The lowest BCUT2D eigenvalue weighted by Crippen LogP contribution is -2.33. The van der Waals surface area contributed by atoms with Crippen LogP contribution in [-0.2, 0) is 6.61 Å². The Balaban J connectivity index is 1.67. The second-order valence-electron chi connectivity index (χ2n) is 10.2. The number of hydrogen-bond donors (Lipinski definition) is 2. The first kappa shape index (κ1) is 26.1. The summed E-state index contributed by atoms with van der Waals surface area (Å²) in [4.78, 5) is 15.3. The lowest BCUT2D eigenvalue weighted by atomic mass is 9.88. The number of anilines is 2. The molecule has 6 heteroatoms. The maximum atomic E-state index is 13.3. The lowest BCUT2D eigenvalue weighted by Gasteiger charge is -2.24. The van der Waals surface area contributed by atoms with Crippen molar-refractivity contribution in [2.24, 2.45) is 0 Å². The molecular weight excluding hydrogens is 514 g/mol. The van der Waals surface area contributed by atoms with Gasteiger partial charge in [-0.25, -0.2) is 4.79 Å². The Hall–Kier alpha value is -2.99. The minimum Gasteiger partial charge on any atom is -0.486 e. The number of fused-ring (bicyclic) bond motifs is 2. The Morgan fingerprint density at radius 3 is 2.31 bits per heavy atom. The van der Waals surface area contributed by atoms with Crippen LogP contribution in [0.2, 0.25) is 0 Å². The average Bonchev–Trinajstić information content (AvgIpc) is 2.98. The first-order chi connectivity index (χ1) is 17.2. The Labute approximate surface area is 223 Å². The van der Waals surface area contributed by atoms with E-state index in [-0.39, 0.29) is 11.9 Å². The molecule has 1 unspecified atom stereocenters. The Kier molecular flexibility index (Phi) is 7.94. The Bertz CT molecular complexity index is 1230. The molecule has 0 spiro atoms. The summed E-state index contributed by atoms with van der Waals surface area (Å²) in [5.41, 5.74) is 7.59. The van der Waals surface area contributed by atoms with Gasteiger partial charge in [-0.2, -0.15) is 0 Å². The summed E-state index contributed by atoms with van der Waals surface area (Å²) in [6.07, 6.45) is 0. The van der Waals surface area contributed by atoms with Gasteiger partial charge >= 0.3 is 6.03 Å². The molecule has 36 heavy (non-hydrogen) atoms. The minimum atomic E-state index is -0.197. The number of para-hydroxylation sites is 1. The van der Waals surface area contributed by atoms with E-state index in [9.17, 15) is 4.79 Å². The van der Waals surface area contributed by atoms with Crippen LogP contribution in [0.3, 0.4) is 0 Å². The van der Waals surface area contributed by atoms with Gasteiger partial charge in [-0.3, -0.25) is 0 Å². The lowest BCUT2D eigenvalue weighted by molar-refractivity contribution is 0.251. The highest BCUT2D eigenvalue weighted by molar-refractivity contribution is 9.10. The van der Waals surface area contributed by atoms with Gasteiger partial charge in [0.1, 0.15) is 12.4 Å². The first-order valence-electron chi connectivity index (χ1n) is 12.6. The normalized spacial score (nSPS) is 14.5. The van der Waals surface area contributed by atoms with Crippen molar-refractivity contribution in [3.8, 4) is 5.75 Å². The quantitative estimate of drug-likeness (QED) is 0.332. The molecule has 0 saturated carbocycles. The van der Waals surface area contributed by atoms with Gasteiger partial charge < -0.3 is 20.3 Å². The number of carbonyl (C=O) groups excluding carboxylic acids is 1. The van der Waals surface area contributed by atoms with Crippen molar-refractivity contribution >= 4 is 33.3 Å². The summed E-state index contributed by atoms with van der Waals surface area (Å²) in [6.45, 7) is 9.56. The highest BCUT2D eigenvalue weighted by atomic mass is 79.9.